The van der Waals surface area contributed by atoms with E-state index < -0.39 is 5.97 Å². The zero-order valence-corrected chi connectivity index (χ0v) is 17.5. The van der Waals surface area contributed by atoms with Gasteiger partial charge in [-0.2, -0.15) is 0 Å². The predicted molar refractivity (Wildman–Crippen MR) is 128 cm³/mol. The van der Waals surface area contributed by atoms with Crippen LogP contribution in [0.15, 0.2) is 66.7 Å². The molecule has 6 rings (SSSR count). The molecule has 0 saturated carbocycles. The molecule has 1 aromatic carbocycles. The quantitative estimate of drug-likeness (QED) is 0.289. The number of nitrogens with one attached hydrogen (secondary N) is 4. The maximum Gasteiger partial charge on any atom is 0.335 e. The summed E-state index contributed by atoms with van der Waals surface area (Å²) in [6, 6.07) is 21.3. The molecule has 4 aromatic heterocycles. The van der Waals surface area contributed by atoms with Gasteiger partial charge in [-0.3, -0.25) is 0 Å². The van der Waals surface area contributed by atoms with Crippen LogP contribution in [0.1, 0.15) is 33.1 Å². The van der Waals surface area contributed by atoms with E-state index in [0.717, 1.165) is 55.3 Å². The summed E-state index contributed by atoms with van der Waals surface area (Å²) in [6.45, 7) is 0. The highest BCUT2D eigenvalue weighted by molar-refractivity contribution is 5.88. The second-order valence-electron chi connectivity index (χ2n) is 8.12. The van der Waals surface area contributed by atoms with Crippen LogP contribution in [-0.4, -0.2) is 31.0 Å². The second kappa shape index (κ2) is 7.46. The fourth-order valence-electron chi connectivity index (χ4n) is 4.17. The molecule has 5 heterocycles. The monoisotopic (exact) mass is 432 g/mol. The van der Waals surface area contributed by atoms with Gasteiger partial charge in [0.15, 0.2) is 0 Å². The number of benzene rings is 1. The Bertz CT molecular complexity index is 1740. The molecule has 160 valence electrons. The summed E-state index contributed by atoms with van der Waals surface area (Å²) < 4.78 is 0. The Balaban J connectivity index is 1.58. The maximum absolute atomic E-state index is 11.3. The zero-order valence-electron chi connectivity index (χ0n) is 17.5. The van der Waals surface area contributed by atoms with Crippen LogP contribution in [0.5, 0.6) is 0 Å². The van der Waals surface area contributed by atoms with E-state index in [2.05, 4.69) is 62.4 Å². The molecular weight excluding hydrogens is 412 g/mol. The Hall–Kier alpha value is -4.71. The maximum atomic E-state index is 11.3. The fourth-order valence-corrected chi connectivity index (χ4v) is 4.17. The van der Waals surface area contributed by atoms with Gasteiger partial charge in [0.25, 0.3) is 0 Å². The number of rotatable bonds is 2. The Kier molecular flexibility index (Phi) is 4.30. The molecule has 0 spiro atoms. The van der Waals surface area contributed by atoms with Crippen molar-refractivity contribution < 1.29 is 9.90 Å². The number of carbonyl (C=O) groups is 1. The third-order valence-corrected chi connectivity index (χ3v) is 5.74. The van der Waals surface area contributed by atoms with Crippen molar-refractivity contribution in [1.82, 2.24) is 19.9 Å². The van der Waals surface area contributed by atoms with Crippen molar-refractivity contribution in [2.45, 2.75) is 0 Å². The Labute approximate surface area is 188 Å². The molecule has 5 aromatic rings. The average Bonchev–Trinajstić information content (AvgIpc) is 3.59. The molecule has 6 nitrogen and oxygen atoms in total. The smallest absolute Gasteiger partial charge is 0.335 e. The van der Waals surface area contributed by atoms with E-state index >= 15 is 0 Å². The Morgan fingerprint density at radius 1 is 0.576 bits per heavy atom. The lowest BCUT2D eigenvalue weighted by Gasteiger charge is -2.00. The molecule has 33 heavy (non-hydrogen) atoms. The highest BCUT2D eigenvalue weighted by Gasteiger charge is 2.07. The van der Waals surface area contributed by atoms with Gasteiger partial charge in [0.05, 0.1) is 5.56 Å². The molecule has 0 aliphatic carbocycles. The summed E-state index contributed by atoms with van der Waals surface area (Å²) in [6.07, 6.45) is 8.27. The molecule has 0 amide bonds. The van der Waals surface area contributed by atoms with Gasteiger partial charge < -0.3 is 25.0 Å². The van der Waals surface area contributed by atoms with E-state index in [0.29, 0.717) is 0 Å². The first-order chi connectivity index (χ1) is 16.1. The first kappa shape index (κ1) is 19.0. The van der Waals surface area contributed by atoms with Crippen LogP contribution in [0.25, 0.3) is 35.4 Å². The number of hydrogen-bond donors (Lipinski definition) is 5. The Morgan fingerprint density at radius 2 is 1.12 bits per heavy atom. The van der Waals surface area contributed by atoms with Crippen LogP contribution < -0.4 is 21.4 Å². The van der Waals surface area contributed by atoms with Crippen molar-refractivity contribution in [3.8, 4) is 11.1 Å². The summed E-state index contributed by atoms with van der Waals surface area (Å²) in [4.78, 5) is 25.0. The van der Waals surface area contributed by atoms with E-state index in [9.17, 15) is 9.90 Å². The van der Waals surface area contributed by atoms with Crippen molar-refractivity contribution in [2.75, 3.05) is 0 Å². The van der Waals surface area contributed by atoms with Crippen molar-refractivity contribution in [1.29, 1.82) is 0 Å². The number of carboxylic acid groups (broad SMARTS) is 1. The lowest BCUT2D eigenvalue weighted by atomic mass is 10.1. The predicted octanol–water partition coefficient (Wildman–Crippen LogP) is 1.99. The number of H-pyrrole nitrogens is 4. The topological polar surface area (TPSA) is 100 Å². The number of carboxylic acids is 1. The first-order valence-electron chi connectivity index (χ1n) is 10.6. The van der Waals surface area contributed by atoms with Gasteiger partial charge >= 0.3 is 5.97 Å². The SMILES string of the molecule is O=C(O)c1ccc(-c2cc3[nH]c2=Cc2ccc([nH]2)C=c2ccc([nH]2)=Cc2ccc([nH]2)C=3)cc1. The summed E-state index contributed by atoms with van der Waals surface area (Å²) in [5, 5.41) is 13.2. The van der Waals surface area contributed by atoms with Gasteiger partial charge in [0.1, 0.15) is 0 Å². The summed E-state index contributed by atoms with van der Waals surface area (Å²) in [5.41, 5.74) is 6.15. The molecule has 1 aliphatic heterocycles. The zero-order chi connectivity index (χ0) is 22.4. The summed E-state index contributed by atoms with van der Waals surface area (Å²) in [5.74, 6) is -0.933. The van der Waals surface area contributed by atoms with Crippen molar-refractivity contribution in [3.63, 3.8) is 0 Å². The molecule has 6 heteroatoms. The highest BCUT2D eigenvalue weighted by atomic mass is 16.4. The third kappa shape index (κ3) is 3.74. The minimum Gasteiger partial charge on any atom is -0.478 e. The van der Waals surface area contributed by atoms with Crippen molar-refractivity contribution >= 4 is 30.3 Å². The van der Waals surface area contributed by atoms with Crippen LogP contribution in [0, 0.1) is 0 Å². The highest BCUT2D eigenvalue weighted by Crippen LogP contribution is 2.16. The van der Waals surface area contributed by atoms with Crippen molar-refractivity contribution in [2.24, 2.45) is 0 Å². The van der Waals surface area contributed by atoms with E-state index in [4.69, 9.17) is 0 Å². The van der Waals surface area contributed by atoms with Gasteiger partial charge in [-0.1, -0.05) is 12.1 Å². The molecule has 5 N–H and O–H groups in total. The third-order valence-electron chi connectivity index (χ3n) is 5.74. The van der Waals surface area contributed by atoms with E-state index in [-0.39, 0.29) is 5.56 Å². The standard InChI is InChI=1S/C27H20N4O2/c32-27(33)17-3-1-16(2-4-17)25-14-24-13-22-8-7-20(29-22)11-18-5-6-19(28-18)12-21-9-10-23(30-21)15-26(25)31-24/h1-15,28-31H,(H,32,33). The summed E-state index contributed by atoms with van der Waals surface area (Å²) >= 11 is 0. The number of fused-ring (bicyclic) bond motifs is 8. The average molecular weight is 432 g/mol. The number of aromatic nitrogens is 4. The molecule has 0 fully saturated rings. The number of hydrogen-bond acceptors (Lipinski definition) is 1. The van der Waals surface area contributed by atoms with Crippen LogP contribution in [-0.2, 0) is 0 Å². The van der Waals surface area contributed by atoms with E-state index in [1.54, 1.807) is 12.1 Å². The molecule has 0 radical (unpaired) electrons. The second-order valence-corrected chi connectivity index (χ2v) is 8.12. The van der Waals surface area contributed by atoms with Gasteiger partial charge in [0, 0.05) is 49.7 Å². The van der Waals surface area contributed by atoms with Crippen LogP contribution in [0.3, 0.4) is 0 Å². The summed E-state index contributed by atoms with van der Waals surface area (Å²) in [7, 11) is 0. The lowest BCUT2D eigenvalue weighted by Crippen LogP contribution is -2.11. The molecular formula is C27H20N4O2. The molecule has 0 atom stereocenters. The van der Waals surface area contributed by atoms with Gasteiger partial charge in [-0.15, -0.1) is 0 Å². The van der Waals surface area contributed by atoms with Gasteiger partial charge in [-0.25, -0.2) is 4.79 Å². The number of aromatic carboxylic acids is 1. The van der Waals surface area contributed by atoms with Crippen LogP contribution in [0.4, 0.5) is 0 Å². The number of aromatic amines is 4. The largest absolute Gasteiger partial charge is 0.478 e. The normalized spacial score (nSPS) is 12.2. The minimum absolute atomic E-state index is 0.268. The minimum atomic E-state index is -0.933. The molecule has 1 aliphatic rings. The van der Waals surface area contributed by atoms with E-state index in [1.807, 2.05) is 36.4 Å². The van der Waals surface area contributed by atoms with Gasteiger partial charge in [0.2, 0.25) is 0 Å². The first-order valence-corrected chi connectivity index (χ1v) is 10.6. The molecule has 0 saturated heterocycles. The van der Waals surface area contributed by atoms with Gasteiger partial charge in [-0.05, 0) is 84.5 Å². The fraction of sp³-hybridized carbons (Fsp3) is 0. The molecule has 8 bridgehead atoms. The van der Waals surface area contributed by atoms with E-state index in [1.165, 1.54) is 0 Å². The molecule has 0 unspecified atom stereocenters. The lowest BCUT2D eigenvalue weighted by molar-refractivity contribution is 0.0697. The van der Waals surface area contributed by atoms with Crippen LogP contribution >= 0.6 is 0 Å². The van der Waals surface area contributed by atoms with Crippen LogP contribution in [0.2, 0.25) is 0 Å². The van der Waals surface area contributed by atoms with Crippen molar-refractivity contribution in [3.05, 3.63) is 116 Å². The Morgan fingerprint density at radius 3 is 1.70 bits per heavy atom.